The average molecular weight is 391 g/mol. The molecule has 1 aliphatic heterocycles. The molecule has 1 unspecified atom stereocenters. The van der Waals surface area contributed by atoms with Crippen molar-refractivity contribution in [3.05, 3.63) is 35.4 Å². The molecule has 7 nitrogen and oxygen atoms in total. The maximum Gasteiger partial charge on any atom is 0.308 e. The highest BCUT2D eigenvalue weighted by molar-refractivity contribution is 7.80. The summed E-state index contributed by atoms with van der Waals surface area (Å²) in [7, 11) is 0. The molecule has 27 heavy (non-hydrogen) atoms. The predicted octanol–water partition coefficient (Wildman–Crippen LogP) is 1.08. The van der Waals surface area contributed by atoms with Crippen LogP contribution in [0.5, 0.6) is 0 Å². The van der Waals surface area contributed by atoms with E-state index in [0.29, 0.717) is 26.1 Å². The molecule has 2 amide bonds. The number of piperazine rings is 1. The number of hydrogen-bond donors (Lipinski definition) is 2. The van der Waals surface area contributed by atoms with Crippen LogP contribution in [0.15, 0.2) is 24.3 Å². The van der Waals surface area contributed by atoms with Gasteiger partial charge in [-0.15, -0.1) is 0 Å². The van der Waals surface area contributed by atoms with Crippen LogP contribution >= 0.6 is 12.2 Å². The highest BCUT2D eigenvalue weighted by Gasteiger charge is 2.34. The van der Waals surface area contributed by atoms with Gasteiger partial charge in [0.05, 0.1) is 19.4 Å². The van der Waals surface area contributed by atoms with Gasteiger partial charge in [-0.05, 0) is 36.7 Å². The molecule has 1 aliphatic rings. The van der Waals surface area contributed by atoms with Crippen molar-refractivity contribution >= 4 is 35.1 Å². The summed E-state index contributed by atoms with van der Waals surface area (Å²) < 4.78 is 5.07. The van der Waals surface area contributed by atoms with E-state index >= 15 is 0 Å². The summed E-state index contributed by atoms with van der Waals surface area (Å²) in [6.45, 7) is 4.96. The number of nitrogens with one attached hydrogen (secondary N) is 2. The number of hydrogen-bond acceptors (Lipinski definition) is 5. The number of esters is 1. The van der Waals surface area contributed by atoms with E-state index in [0.717, 1.165) is 11.1 Å². The zero-order valence-corrected chi connectivity index (χ0v) is 16.4. The van der Waals surface area contributed by atoms with Crippen molar-refractivity contribution in [2.75, 3.05) is 19.7 Å². The molecule has 0 bridgehead atoms. The van der Waals surface area contributed by atoms with Gasteiger partial charge in [0.15, 0.2) is 5.11 Å². The van der Waals surface area contributed by atoms with Crippen LogP contribution in [0.3, 0.4) is 0 Å². The molecule has 0 spiro atoms. The first-order valence-corrected chi connectivity index (χ1v) is 9.41. The summed E-state index contributed by atoms with van der Waals surface area (Å²) in [5.74, 6) is -1.02. The van der Waals surface area contributed by atoms with Crippen molar-refractivity contribution in [1.82, 2.24) is 15.5 Å². The Kier molecular flexibility index (Phi) is 7.72. The Hall–Kier alpha value is -2.48. The topological polar surface area (TPSA) is 87.7 Å². The Labute approximate surface area is 164 Å². The molecule has 146 valence electrons. The van der Waals surface area contributed by atoms with Crippen LogP contribution in [0.2, 0.25) is 0 Å². The van der Waals surface area contributed by atoms with Gasteiger partial charge in [-0.3, -0.25) is 14.4 Å². The molecule has 1 atom stereocenters. The minimum Gasteiger partial charge on any atom is -0.466 e. The van der Waals surface area contributed by atoms with Crippen molar-refractivity contribution < 1.29 is 19.1 Å². The van der Waals surface area contributed by atoms with E-state index in [1.165, 1.54) is 0 Å². The van der Waals surface area contributed by atoms with Gasteiger partial charge in [-0.25, -0.2) is 0 Å². The summed E-state index contributed by atoms with van der Waals surface area (Å²) in [4.78, 5) is 38.1. The highest BCUT2D eigenvalue weighted by Crippen LogP contribution is 2.12. The molecule has 0 aromatic heterocycles. The Balaban J connectivity index is 1.99. The summed E-state index contributed by atoms with van der Waals surface area (Å²) in [6, 6.07) is 6.83. The largest absolute Gasteiger partial charge is 0.466 e. The van der Waals surface area contributed by atoms with Gasteiger partial charge in [-0.1, -0.05) is 31.2 Å². The number of aryl methyl sites for hydroxylation is 1. The minimum absolute atomic E-state index is 0.111. The van der Waals surface area contributed by atoms with Crippen LogP contribution in [0.1, 0.15) is 30.9 Å². The molecule has 8 heteroatoms. The molecule has 1 saturated heterocycles. The molecule has 0 radical (unpaired) electrons. The zero-order valence-electron chi connectivity index (χ0n) is 15.6. The molecular formula is C19H25N3O4S. The molecule has 1 aromatic rings. The minimum atomic E-state index is -0.783. The van der Waals surface area contributed by atoms with Crippen LogP contribution in [0.25, 0.3) is 0 Å². The third-order valence-corrected chi connectivity index (χ3v) is 4.61. The van der Waals surface area contributed by atoms with Crippen LogP contribution < -0.4 is 10.6 Å². The molecule has 0 aliphatic carbocycles. The fourth-order valence-electron chi connectivity index (χ4n) is 2.81. The van der Waals surface area contributed by atoms with E-state index in [2.05, 4.69) is 10.6 Å². The monoisotopic (exact) mass is 391 g/mol. The molecule has 2 N–H and O–H groups in total. The summed E-state index contributed by atoms with van der Waals surface area (Å²) in [5.41, 5.74) is 1.93. The Morgan fingerprint density at radius 1 is 1.37 bits per heavy atom. The van der Waals surface area contributed by atoms with Crippen LogP contribution in [0, 0.1) is 6.92 Å². The molecule has 1 fully saturated rings. The van der Waals surface area contributed by atoms with Gasteiger partial charge in [0.1, 0.15) is 6.04 Å². The Morgan fingerprint density at radius 3 is 2.81 bits per heavy atom. The van der Waals surface area contributed by atoms with Crippen molar-refractivity contribution in [1.29, 1.82) is 0 Å². The van der Waals surface area contributed by atoms with Crippen molar-refractivity contribution in [3.8, 4) is 0 Å². The van der Waals surface area contributed by atoms with Crippen molar-refractivity contribution in [2.24, 2.45) is 0 Å². The van der Waals surface area contributed by atoms with Crippen LogP contribution in [-0.4, -0.2) is 53.5 Å². The number of benzene rings is 1. The van der Waals surface area contributed by atoms with Crippen LogP contribution in [0.4, 0.5) is 0 Å². The van der Waals surface area contributed by atoms with E-state index in [9.17, 15) is 14.4 Å². The van der Waals surface area contributed by atoms with E-state index in [-0.39, 0.29) is 29.8 Å². The number of thiocarbonyl (C=S) groups is 1. The predicted molar refractivity (Wildman–Crippen MR) is 105 cm³/mol. The number of carbonyl (C=O) groups excluding carboxylic acids is 3. The van der Waals surface area contributed by atoms with Gasteiger partial charge in [0.25, 0.3) is 0 Å². The van der Waals surface area contributed by atoms with Crippen LogP contribution in [-0.2, 0) is 25.5 Å². The molecule has 1 aromatic carbocycles. The number of amides is 2. The third kappa shape index (κ3) is 6.02. The molecule has 0 saturated carbocycles. The number of nitrogens with zero attached hydrogens (tertiary/aromatic N) is 1. The van der Waals surface area contributed by atoms with Gasteiger partial charge >= 0.3 is 5.97 Å². The second-order valence-corrected chi connectivity index (χ2v) is 6.77. The Bertz CT molecular complexity index is 723. The maximum absolute atomic E-state index is 12.4. The van der Waals surface area contributed by atoms with E-state index in [1.54, 1.807) is 4.90 Å². The molecule has 1 heterocycles. The smallest absolute Gasteiger partial charge is 0.308 e. The summed E-state index contributed by atoms with van der Waals surface area (Å²) >= 11 is 5.33. The van der Waals surface area contributed by atoms with Crippen molar-refractivity contribution in [2.45, 2.75) is 39.2 Å². The molecular weight excluding hydrogens is 366 g/mol. The SMILES string of the molecule is CCCOC(=O)CC1C(=O)NCCN1C(=S)NC(=O)Cc1ccccc1C. The second kappa shape index (κ2) is 10.0. The standard InChI is InChI=1S/C19H25N3O4S/c1-3-10-26-17(24)12-15-18(25)20-8-9-22(15)19(27)21-16(23)11-14-7-5-4-6-13(14)2/h4-7,15H,3,8-12H2,1-2H3,(H,20,25)(H,21,23,27). The highest BCUT2D eigenvalue weighted by atomic mass is 32.1. The summed E-state index contributed by atoms with van der Waals surface area (Å²) in [6.07, 6.45) is 0.787. The third-order valence-electron chi connectivity index (χ3n) is 4.28. The van der Waals surface area contributed by atoms with E-state index in [1.807, 2.05) is 38.1 Å². The maximum atomic E-state index is 12.4. The first-order valence-electron chi connectivity index (χ1n) is 9.00. The number of ether oxygens (including phenoxy) is 1. The second-order valence-electron chi connectivity index (χ2n) is 6.38. The average Bonchev–Trinajstić information content (AvgIpc) is 2.63. The quantitative estimate of drug-likeness (QED) is 0.557. The lowest BCUT2D eigenvalue weighted by atomic mass is 10.1. The first kappa shape index (κ1) is 20.8. The van der Waals surface area contributed by atoms with Gasteiger partial charge in [0, 0.05) is 13.1 Å². The number of rotatable bonds is 6. The lowest BCUT2D eigenvalue weighted by Gasteiger charge is -2.36. The zero-order chi connectivity index (χ0) is 19.8. The van der Waals surface area contributed by atoms with E-state index < -0.39 is 12.0 Å². The van der Waals surface area contributed by atoms with Gasteiger partial charge in [0.2, 0.25) is 11.8 Å². The fraction of sp³-hybridized carbons (Fsp3) is 0.474. The van der Waals surface area contributed by atoms with Gasteiger partial charge < -0.3 is 20.3 Å². The lowest BCUT2D eigenvalue weighted by Crippen LogP contribution is -2.60. The van der Waals surface area contributed by atoms with E-state index in [4.69, 9.17) is 17.0 Å². The summed E-state index contributed by atoms with van der Waals surface area (Å²) in [5, 5.41) is 5.55. The molecule has 2 rings (SSSR count). The lowest BCUT2D eigenvalue weighted by molar-refractivity contribution is -0.147. The number of carbonyl (C=O) groups is 3. The fourth-order valence-corrected chi connectivity index (χ4v) is 3.14. The van der Waals surface area contributed by atoms with Gasteiger partial charge in [-0.2, -0.15) is 0 Å². The normalized spacial score (nSPS) is 16.4. The Morgan fingerprint density at radius 2 is 2.11 bits per heavy atom. The first-order chi connectivity index (χ1) is 12.9. The van der Waals surface area contributed by atoms with Crippen molar-refractivity contribution in [3.63, 3.8) is 0 Å².